The van der Waals surface area contributed by atoms with E-state index in [0.29, 0.717) is 0 Å². The summed E-state index contributed by atoms with van der Waals surface area (Å²) in [5, 5.41) is 8.12. The van der Waals surface area contributed by atoms with Gasteiger partial charge >= 0.3 is 0 Å². The van der Waals surface area contributed by atoms with Crippen LogP contribution in [-0.2, 0) is 13.6 Å². The second-order valence-electron chi connectivity index (χ2n) is 7.12. The van der Waals surface area contributed by atoms with E-state index >= 15 is 0 Å². The molecule has 0 spiro atoms. The fourth-order valence-electron chi connectivity index (χ4n) is 3.92. The maximum atomic E-state index is 5.48. The van der Waals surface area contributed by atoms with Crippen molar-refractivity contribution in [1.29, 1.82) is 0 Å². The van der Waals surface area contributed by atoms with Crippen LogP contribution < -0.4 is 10.1 Å². The molecule has 1 aromatic heterocycles. The molecule has 5 nitrogen and oxygen atoms in total. The molecule has 1 heterocycles. The second kappa shape index (κ2) is 7.01. The minimum absolute atomic E-state index is 0.279. The molecule has 0 aromatic carbocycles. The summed E-state index contributed by atoms with van der Waals surface area (Å²) in [7, 11) is 8.08. The Labute approximate surface area is 135 Å². The van der Waals surface area contributed by atoms with Crippen LogP contribution in [-0.4, -0.2) is 48.0 Å². The number of rotatable bonds is 6. The number of aromatic nitrogens is 2. The van der Waals surface area contributed by atoms with Gasteiger partial charge in [0.2, 0.25) is 5.88 Å². The average Bonchev–Trinajstić information content (AvgIpc) is 2.72. The topological polar surface area (TPSA) is 42.3 Å². The van der Waals surface area contributed by atoms with Crippen LogP contribution in [0.1, 0.15) is 43.9 Å². The predicted octanol–water partition coefficient (Wildman–Crippen LogP) is 2.34. The third kappa shape index (κ3) is 3.46. The van der Waals surface area contributed by atoms with E-state index < -0.39 is 0 Å². The quantitative estimate of drug-likeness (QED) is 0.876. The molecule has 1 fully saturated rings. The van der Waals surface area contributed by atoms with Gasteiger partial charge in [0, 0.05) is 25.7 Å². The molecule has 1 saturated carbocycles. The molecule has 0 bridgehead atoms. The third-order valence-corrected chi connectivity index (χ3v) is 5.25. The molecule has 0 unspecified atom stereocenters. The molecule has 5 heteroatoms. The van der Waals surface area contributed by atoms with E-state index in [-0.39, 0.29) is 5.54 Å². The predicted molar refractivity (Wildman–Crippen MR) is 90.3 cm³/mol. The smallest absolute Gasteiger partial charge is 0.216 e. The number of aryl methyl sites for hydroxylation is 2. The van der Waals surface area contributed by atoms with Gasteiger partial charge in [0.15, 0.2) is 0 Å². The van der Waals surface area contributed by atoms with Gasteiger partial charge in [-0.3, -0.25) is 0 Å². The molecule has 0 saturated heterocycles. The van der Waals surface area contributed by atoms with Crippen molar-refractivity contribution in [2.45, 2.75) is 51.6 Å². The number of hydrogen-bond donors (Lipinski definition) is 1. The molecule has 0 radical (unpaired) electrons. The van der Waals surface area contributed by atoms with E-state index in [1.807, 2.05) is 18.7 Å². The highest BCUT2D eigenvalue weighted by atomic mass is 16.5. The Bertz CT molecular complexity index is 497. The zero-order valence-electron chi connectivity index (χ0n) is 15.1. The number of hydrogen-bond acceptors (Lipinski definition) is 4. The molecule has 0 aliphatic heterocycles. The first-order valence-corrected chi connectivity index (χ1v) is 8.34. The molecule has 0 amide bonds. The van der Waals surface area contributed by atoms with Gasteiger partial charge in [-0.2, -0.15) is 5.10 Å². The first-order chi connectivity index (χ1) is 10.4. The van der Waals surface area contributed by atoms with Gasteiger partial charge in [0.25, 0.3) is 0 Å². The van der Waals surface area contributed by atoms with Crippen molar-refractivity contribution in [3.63, 3.8) is 0 Å². The number of ether oxygens (including phenoxy) is 1. The van der Waals surface area contributed by atoms with Crippen molar-refractivity contribution in [1.82, 2.24) is 20.0 Å². The molecule has 2 rings (SSSR count). The standard InChI is InChI=1S/C17H32N4O/c1-13-8-7-9-17(10-13,20(3)4)12-18-11-15-14(2)19-21(5)16(15)22-6/h13,18H,7-12H2,1-6H3/t13-,17+/m1/s1. The Balaban J connectivity index is 2.02. The van der Waals surface area contributed by atoms with Crippen molar-refractivity contribution >= 4 is 0 Å². The van der Waals surface area contributed by atoms with Crippen molar-refractivity contribution < 1.29 is 4.74 Å². The van der Waals surface area contributed by atoms with Crippen LogP contribution >= 0.6 is 0 Å². The number of methoxy groups -OCH3 is 1. The molecule has 1 N–H and O–H groups in total. The second-order valence-corrected chi connectivity index (χ2v) is 7.12. The maximum Gasteiger partial charge on any atom is 0.216 e. The lowest BCUT2D eigenvalue weighted by Gasteiger charge is -2.45. The minimum Gasteiger partial charge on any atom is -0.481 e. The molecule has 126 valence electrons. The fourth-order valence-corrected chi connectivity index (χ4v) is 3.92. The summed E-state index contributed by atoms with van der Waals surface area (Å²) in [6, 6.07) is 0. The largest absolute Gasteiger partial charge is 0.481 e. The summed E-state index contributed by atoms with van der Waals surface area (Å²) < 4.78 is 7.30. The summed E-state index contributed by atoms with van der Waals surface area (Å²) >= 11 is 0. The van der Waals surface area contributed by atoms with Gasteiger partial charge < -0.3 is 15.0 Å². The minimum atomic E-state index is 0.279. The van der Waals surface area contributed by atoms with Crippen LogP contribution in [0.15, 0.2) is 0 Å². The molecule has 2 atom stereocenters. The highest BCUT2D eigenvalue weighted by molar-refractivity contribution is 5.30. The Hall–Kier alpha value is -1.07. The van der Waals surface area contributed by atoms with E-state index in [2.05, 4.69) is 36.3 Å². The summed E-state index contributed by atoms with van der Waals surface area (Å²) in [4.78, 5) is 2.42. The van der Waals surface area contributed by atoms with E-state index in [1.165, 1.54) is 31.2 Å². The Morgan fingerprint density at radius 1 is 1.45 bits per heavy atom. The number of nitrogens with zero attached hydrogens (tertiary/aromatic N) is 3. The van der Waals surface area contributed by atoms with Gasteiger partial charge in [-0.1, -0.05) is 19.8 Å². The first-order valence-electron chi connectivity index (χ1n) is 8.34. The van der Waals surface area contributed by atoms with E-state index in [9.17, 15) is 0 Å². The van der Waals surface area contributed by atoms with Crippen LogP contribution in [0.4, 0.5) is 0 Å². The van der Waals surface area contributed by atoms with Gasteiger partial charge in [-0.15, -0.1) is 0 Å². The number of nitrogens with one attached hydrogen (secondary N) is 1. The van der Waals surface area contributed by atoms with E-state index in [1.54, 1.807) is 7.11 Å². The van der Waals surface area contributed by atoms with Gasteiger partial charge in [0.1, 0.15) is 0 Å². The Morgan fingerprint density at radius 3 is 2.77 bits per heavy atom. The lowest BCUT2D eigenvalue weighted by atomic mass is 9.75. The highest BCUT2D eigenvalue weighted by Crippen LogP contribution is 2.35. The third-order valence-electron chi connectivity index (χ3n) is 5.25. The monoisotopic (exact) mass is 308 g/mol. The lowest BCUT2D eigenvalue weighted by Crippen LogP contribution is -2.54. The van der Waals surface area contributed by atoms with Crippen molar-refractivity contribution in [3.05, 3.63) is 11.3 Å². The summed E-state index contributed by atoms with van der Waals surface area (Å²) in [5.41, 5.74) is 2.49. The normalized spacial score (nSPS) is 25.7. The van der Waals surface area contributed by atoms with Gasteiger partial charge in [-0.05, 0) is 39.8 Å². The molecular formula is C17H32N4O. The van der Waals surface area contributed by atoms with Crippen molar-refractivity contribution in [2.24, 2.45) is 13.0 Å². The van der Waals surface area contributed by atoms with Crippen LogP contribution in [0.3, 0.4) is 0 Å². The molecule has 1 aliphatic carbocycles. The average molecular weight is 308 g/mol. The maximum absolute atomic E-state index is 5.48. The summed E-state index contributed by atoms with van der Waals surface area (Å²) in [5.74, 6) is 1.67. The summed E-state index contributed by atoms with van der Waals surface area (Å²) in [6.07, 6.45) is 5.25. The fraction of sp³-hybridized carbons (Fsp3) is 0.824. The lowest BCUT2D eigenvalue weighted by molar-refractivity contribution is 0.0749. The first kappa shape index (κ1) is 17.3. The van der Waals surface area contributed by atoms with Crippen molar-refractivity contribution in [3.8, 4) is 5.88 Å². The number of likely N-dealkylation sites (N-methyl/N-ethyl adjacent to an activating group) is 1. The molecular weight excluding hydrogens is 276 g/mol. The van der Waals surface area contributed by atoms with Crippen LogP contribution in [0, 0.1) is 12.8 Å². The molecule has 22 heavy (non-hydrogen) atoms. The van der Waals surface area contributed by atoms with E-state index in [4.69, 9.17) is 4.74 Å². The van der Waals surface area contributed by atoms with Crippen LogP contribution in [0.5, 0.6) is 5.88 Å². The Kier molecular flexibility index (Phi) is 5.50. The van der Waals surface area contributed by atoms with Crippen LogP contribution in [0.2, 0.25) is 0 Å². The zero-order chi connectivity index (χ0) is 16.3. The van der Waals surface area contributed by atoms with E-state index in [0.717, 1.165) is 30.6 Å². The molecule has 1 aromatic rings. The zero-order valence-corrected chi connectivity index (χ0v) is 15.1. The van der Waals surface area contributed by atoms with Gasteiger partial charge in [0.05, 0.1) is 18.4 Å². The SMILES string of the molecule is COc1c(CNC[C@]2(N(C)C)CCC[C@@H](C)C2)c(C)nn1C. The van der Waals surface area contributed by atoms with Gasteiger partial charge in [-0.25, -0.2) is 4.68 Å². The summed E-state index contributed by atoms with van der Waals surface area (Å²) in [6.45, 7) is 6.25. The van der Waals surface area contributed by atoms with Crippen molar-refractivity contribution in [2.75, 3.05) is 27.7 Å². The molecule has 1 aliphatic rings. The van der Waals surface area contributed by atoms with Crippen LogP contribution in [0.25, 0.3) is 0 Å². The highest BCUT2D eigenvalue weighted by Gasteiger charge is 2.36. The Morgan fingerprint density at radius 2 is 2.18 bits per heavy atom.